The third kappa shape index (κ3) is 1.65. The van der Waals surface area contributed by atoms with Crippen LogP contribution in [0.3, 0.4) is 0 Å². The first-order valence-electron chi connectivity index (χ1n) is 4.85. The van der Waals surface area contributed by atoms with Crippen LogP contribution in [0.5, 0.6) is 5.75 Å². The Labute approximate surface area is 95.5 Å². The summed E-state index contributed by atoms with van der Waals surface area (Å²) in [6.45, 7) is 0. The topological polar surface area (TPSA) is 85.2 Å². The van der Waals surface area contributed by atoms with E-state index >= 15 is 0 Å². The van der Waals surface area contributed by atoms with Crippen LogP contribution in [0.25, 0.3) is 23.0 Å². The first-order valence-corrected chi connectivity index (χ1v) is 4.85. The molecule has 0 radical (unpaired) electrons. The van der Waals surface area contributed by atoms with Crippen LogP contribution in [0.2, 0.25) is 0 Å². The lowest BCUT2D eigenvalue weighted by molar-refractivity contribution is 0.423. The van der Waals surface area contributed by atoms with Gasteiger partial charge in [-0.05, 0) is 18.2 Å². The van der Waals surface area contributed by atoms with Crippen LogP contribution in [-0.4, -0.2) is 20.2 Å². The summed E-state index contributed by atoms with van der Waals surface area (Å²) in [6, 6.07) is 5.05. The molecule has 0 aliphatic carbocycles. The second kappa shape index (κ2) is 3.75. The van der Waals surface area contributed by atoms with Gasteiger partial charge in [-0.3, -0.25) is 4.98 Å². The van der Waals surface area contributed by atoms with Crippen molar-refractivity contribution < 1.29 is 14.0 Å². The lowest BCUT2D eigenvalue weighted by atomic mass is 10.2. The minimum absolute atomic E-state index is 0.0119. The summed E-state index contributed by atoms with van der Waals surface area (Å²) < 4.78 is 10.2. The summed E-state index contributed by atoms with van der Waals surface area (Å²) in [4.78, 5) is 7.89. The van der Waals surface area contributed by atoms with Crippen molar-refractivity contribution >= 4 is 0 Å². The van der Waals surface area contributed by atoms with Gasteiger partial charge in [-0.25, -0.2) is 0 Å². The van der Waals surface area contributed by atoms with E-state index < -0.39 is 0 Å². The molecule has 0 bridgehead atoms. The predicted molar refractivity (Wildman–Crippen MR) is 56.9 cm³/mol. The molecule has 6 nitrogen and oxygen atoms in total. The van der Waals surface area contributed by atoms with Gasteiger partial charge in [0.05, 0.1) is 18.0 Å². The molecule has 0 aliphatic rings. The maximum absolute atomic E-state index is 9.59. The van der Waals surface area contributed by atoms with E-state index in [1.807, 2.05) is 0 Å². The molecule has 0 aromatic carbocycles. The predicted octanol–water partition coefficient (Wildman–Crippen LogP) is 2.10. The Hall–Kier alpha value is -2.63. The van der Waals surface area contributed by atoms with E-state index in [-0.39, 0.29) is 11.6 Å². The lowest BCUT2D eigenvalue weighted by Crippen LogP contribution is -1.81. The Balaban J connectivity index is 2.04. The molecule has 3 aromatic heterocycles. The molecule has 84 valence electrons. The molecular formula is C11H7N3O3. The smallest absolute Gasteiger partial charge is 0.262 e. The number of rotatable bonds is 2. The minimum atomic E-state index is -0.0119. The maximum atomic E-state index is 9.59. The number of aromatic hydroxyl groups is 1. The van der Waals surface area contributed by atoms with Crippen molar-refractivity contribution in [2.45, 2.75) is 0 Å². The number of furan rings is 1. The van der Waals surface area contributed by atoms with E-state index in [4.69, 9.17) is 8.94 Å². The van der Waals surface area contributed by atoms with Crippen LogP contribution in [-0.2, 0) is 0 Å². The molecule has 3 aromatic rings. The number of hydrogen-bond donors (Lipinski definition) is 1. The van der Waals surface area contributed by atoms with E-state index in [0.717, 1.165) is 0 Å². The Morgan fingerprint density at radius 1 is 1.24 bits per heavy atom. The Kier molecular flexibility index (Phi) is 2.11. The third-order valence-corrected chi connectivity index (χ3v) is 2.20. The summed E-state index contributed by atoms with van der Waals surface area (Å²) in [6.07, 6.45) is 4.37. The molecular weight excluding hydrogens is 222 g/mol. The molecule has 3 rings (SSSR count). The van der Waals surface area contributed by atoms with Crippen LogP contribution in [0.15, 0.2) is 45.8 Å². The summed E-state index contributed by atoms with van der Waals surface area (Å²) in [7, 11) is 0. The third-order valence-electron chi connectivity index (χ3n) is 2.20. The van der Waals surface area contributed by atoms with Gasteiger partial charge in [-0.15, -0.1) is 0 Å². The van der Waals surface area contributed by atoms with Crippen LogP contribution < -0.4 is 0 Å². The number of hydrogen-bond acceptors (Lipinski definition) is 6. The van der Waals surface area contributed by atoms with E-state index in [2.05, 4.69) is 15.1 Å². The highest BCUT2D eigenvalue weighted by molar-refractivity contribution is 5.62. The van der Waals surface area contributed by atoms with E-state index in [0.29, 0.717) is 17.1 Å². The first-order chi connectivity index (χ1) is 8.34. The molecule has 0 unspecified atom stereocenters. The molecule has 0 saturated carbocycles. The second-order valence-corrected chi connectivity index (χ2v) is 3.29. The number of pyridine rings is 1. The van der Waals surface area contributed by atoms with Gasteiger partial charge in [0.2, 0.25) is 5.82 Å². The first kappa shape index (κ1) is 9.59. The molecule has 0 fully saturated rings. The summed E-state index contributed by atoms with van der Waals surface area (Å²) in [5.41, 5.74) is 0.435. The fraction of sp³-hybridized carbons (Fsp3) is 0. The fourth-order valence-electron chi connectivity index (χ4n) is 1.41. The molecule has 0 atom stereocenters. The summed E-state index contributed by atoms with van der Waals surface area (Å²) >= 11 is 0. The van der Waals surface area contributed by atoms with Gasteiger partial charge in [0.15, 0.2) is 5.76 Å². The van der Waals surface area contributed by atoms with Crippen LogP contribution in [0.1, 0.15) is 0 Å². The Morgan fingerprint density at radius 3 is 2.94 bits per heavy atom. The fourth-order valence-corrected chi connectivity index (χ4v) is 1.41. The van der Waals surface area contributed by atoms with E-state index in [1.54, 1.807) is 18.2 Å². The van der Waals surface area contributed by atoms with Crippen molar-refractivity contribution in [2.24, 2.45) is 0 Å². The molecule has 0 saturated heterocycles. The molecule has 3 heterocycles. The van der Waals surface area contributed by atoms with Crippen molar-refractivity contribution in [1.82, 2.24) is 15.1 Å². The zero-order chi connectivity index (χ0) is 11.7. The molecule has 17 heavy (non-hydrogen) atoms. The van der Waals surface area contributed by atoms with Gasteiger partial charge in [0, 0.05) is 6.20 Å². The van der Waals surface area contributed by atoms with Gasteiger partial charge in [-0.2, -0.15) is 4.98 Å². The maximum Gasteiger partial charge on any atom is 0.262 e. The zero-order valence-corrected chi connectivity index (χ0v) is 8.57. The van der Waals surface area contributed by atoms with Crippen LogP contribution in [0.4, 0.5) is 0 Å². The zero-order valence-electron chi connectivity index (χ0n) is 8.57. The van der Waals surface area contributed by atoms with E-state index in [9.17, 15) is 5.11 Å². The summed E-state index contributed by atoms with van der Waals surface area (Å²) in [5, 5.41) is 13.4. The van der Waals surface area contributed by atoms with Gasteiger partial charge >= 0.3 is 0 Å². The van der Waals surface area contributed by atoms with E-state index in [1.165, 1.54) is 18.7 Å². The quantitative estimate of drug-likeness (QED) is 0.724. The largest absolute Gasteiger partial charge is 0.505 e. The Morgan fingerprint density at radius 2 is 2.18 bits per heavy atom. The van der Waals surface area contributed by atoms with Crippen molar-refractivity contribution in [3.63, 3.8) is 0 Å². The van der Waals surface area contributed by atoms with Crippen LogP contribution in [0, 0.1) is 0 Å². The molecule has 0 aliphatic heterocycles. The Bertz CT molecular complexity index is 631. The van der Waals surface area contributed by atoms with Crippen molar-refractivity contribution in [3.05, 3.63) is 36.9 Å². The lowest BCUT2D eigenvalue weighted by Gasteiger charge is -1.95. The van der Waals surface area contributed by atoms with Gasteiger partial charge in [0.25, 0.3) is 5.89 Å². The average molecular weight is 229 g/mol. The van der Waals surface area contributed by atoms with Gasteiger partial charge in [0.1, 0.15) is 5.75 Å². The normalized spacial score (nSPS) is 10.6. The van der Waals surface area contributed by atoms with Gasteiger partial charge in [-0.1, -0.05) is 5.16 Å². The minimum Gasteiger partial charge on any atom is -0.505 e. The highest BCUT2D eigenvalue weighted by Crippen LogP contribution is 2.28. The standard InChI is InChI=1S/C11H7N3O3/c15-8-6-12-4-3-7(8)11-13-10(14-17-11)9-2-1-5-16-9/h1-6,15H. The summed E-state index contributed by atoms with van der Waals surface area (Å²) in [5.74, 6) is 1.05. The number of nitrogens with zero attached hydrogens (tertiary/aromatic N) is 3. The van der Waals surface area contributed by atoms with Crippen molar-refractivity contribution in [3.8, 4) is 28.8 Å². The molecule has 1 N–H and O–H groups in total. The molecule has 6 heteroatoms. The SMILES string of the molecule is Oc1cnccc1-c1nc(-c2ccco2)no1. The molecule has 0 amide bonds. The second-order valence-electron chi connectivity index (χ2n) is 3.29. The highest BCUT2D eigenvalue weighted by Gasteiger charge is 2.14. The van der Waals surface area contributed by atoms with Crippen LogP contribution >= 0.6 is 0 Å². The highest BCUT2D eigenvalue weighted by atomic mass is 16.5. The monoisotopic (exact) mass is 229 g/mol. The van der Waals surface area contributed by atoms with Crippen molar-refractivity contribution in [2.75, 3.05) is 0 Å². The average Bonchev–Trinajstić information content (AvgIpc) is 3.00. The number of aromatic nitrogens is 3. The van der Waals surface area contributed by atoms with Crippen molar-refractivity contribution in [1.29, 1.82) is 0 Å². The van der Waals surface area contributed by atoms with Gasteiger partial charge < -0.3 is 14.0 Å². The molecule has 0 spiro atoms.